The van der Waals surface area contributed by atoms with E-state index in [0.717, 1.165) is 32.7 Å². The molecule has 1 unspecified atom stereocenters. The number of rotatable bonds is 10. The van der Waals surface area contributed by atoms with Gasteiger partial charge < -0.3 is 14.8 Å². The van der Waals surface area contributed by atoms with Crippen molar-refractivity contribution in [2.45, 2.75) is 39.7 Å². The Balaban J connectivity index is 3.02. The van der Waals surface area contributed by atoms with E-state index in [1.165, 1.54) is 6.42 Å². The molecule has 0 amide bonds. The van der Waals surface area contributed by atoms with Crippen molar-refractivity contribution in [3.63, 3.8) is 0 Å². The molecule has 0 aromatic rings. The van der Waals surface area contributed by atoms with Crippen LogP contribution in [-0.4, -0.2) is 39.0 Å². The molecule has 0 spiro atoms. The highest BCUT2D eigenvalue weighted by molar-refractivity contribution is 4.53. The molecule has 0 saturated heterocycles. The maximum absolute atomic E-state index is 5.54. The quantitative estimate of drug-likeness (QED) is 0.549. The summed E-state index contributed by atoms with van der Waals surface area (Å²) in [7, 11) is 0. The molecule has 0 saturated carbocycles. The summed E-state index contributed by atoms with van der Waals surface area (Å²) < 4.78 is 10.9. The molecule has 0 fully saturated rings. The van der Waals surface area contributed by atoms with Crippen molar-refractivity contribution in [2.75, 3.05) is 32.9 Å². The van der Waals surface area contributed by atoms with E-state index < -0.39 is 0 Å². The Morgan fingerprint density at radius 3 is 2.57 bits per heavy atom. The molecule has 0 aliphatic carbocycles. The molecular weight excluding hydrogens is 178 g/mol. The van der Waals surface area contributed by atoms with Crippen molar-refractivity contribution >= 4 is 0 Å². The van der Waals surface area contributed by atoms with Gasteiger partial charge in [0.1, 0.15) is 0 Å². The van der Waals surface area contributed by atoms with Crippen LogP contribution in [0.4, 0.5) is 0 Å². The van der Waals surface area contributed by atoms with Crippen LogP contribution in [-0.2, 0) is 9.47 Å². The molecule has 0 aliphatic heterocycles. The van der Waals surface area contributed by atoms with Gasteiger partial charge in [-0.05, 0) is 19.9 Å². The second-order valence-electron chi connectivity index (χ2n) is 3.46. The van der Waals surface area contributed by atoms with Gasteiger partial charge in [0, 0.05) is 13.2 Å². The highest BCUT2D eigenvalue weighted by Crippen LogP contribution is 1.91. The van der Waals surface area contributed by atoms with E-state index in [9.17, 15) is 0 Å². The lowest BCUT2D eigenvalue weighted by molar-refractivity contribution is 0.0124. The van der Waals surface area contributed by atoms with Crippen LogP contribution in [0.1, 0.15) is 33.6 Å². The number of unbranched alkanes of at least 4 members (excludes halogenated alkanes) is 1. The molecule has 1 atom stereocenters. The zero-order valence-electron chi connectivity index (χ0n) is 9.84. The molecular formula is C11H25NO2. The summed E-state index contributed by atoms with van der Waals surface area (Å²) in [6, 6.07) is 0. The van der Waals surface area contributed by atoms with E-state index >= 15 is 0 Å². The largest absolute Gasteiger partial charge is 0.379 e. The van der Waals surface area contributed by atoms with Crippen molar-refractivity contribution in [3.05, 3.63) is 0 Å². The number of hydrogen-bond acceptors (Lipinski definition) is 3. The summed E-state index contributed by atoms with van der Waals surface area (Å²) in [6.07, 6.45) is 2.62. The summed E-state index contributed by atoms with van der Waals surface area (Å²) in [4.78, 5) is 0. The fourth-order valence-electron chi connectivity index (χ4n) is 1.06. The van der Waals surface area contributed by atoms with E-state index in [4.69, 9.17) is 9.47 Å². The summed E-state index contributed by atoms with van der Waals surface area (Å²) in [6.45, 7) is 10.5. The summed E-state index contributed by atoms with van der Waals surface area (Å²) >= 11 is 0. The molecule has 0 aromatic heterocycles. The molecule has 3 heteroatoms. The molecule has 0 radical (unpaired) electrons. The van der Waals surface area contributed by atoms with Crippen LogP contribution in [0.15, 0.2) is 0 Å². The Morgan fingerprint density at radius 1 is 1.14 bits per heavy atom. The van der Waals surface area contributed by atoms with Crippen LogP contribution >= 0.6 is 0 Å². The Hall–Kier alpha value is -0.120. The molecule has 86 valence electrons. The second-order valence-corrected chi connectivity index (χ2v) is 3.46. The Morgan fingerprint density at radius 2 is 1.93 bits per heavy atom. The molecule has 0 rings (SSSR count). The Labute approximate surface area is 88.2 Å². The maximum atomic E-state index is 5.54. The molecule has 14 heavy (non-hydrogen) atoms. The zero-order chi connectivity index (χ0) is 10.6. The van der Waals surface area contributed by atoms with Gasteiger partial charge in [-0.3, -0.25) is 0 Å². The molecule has 0 aromatic carbocycles. The topological polar surface area (TPSA) is 30.5 Å². The first kappa shape index (κ1) is 13.9. The van der Waals surface area contributed by atoms with Gasteiger partial charge in [0.15, 0.2) is 0 Å². The third-order valence-corrected chi connectivity index (χ3v) is 1.95. The fraction of sp³-hybridized carbons (Fsp3) is 1.00. The number of likely N-dealkylation sites (N-methyl/N-ethyl adjacent to an activating group) is 1. The highest BCUT2D eigenvalue weighted by atomic mass is 16.5. The summed E-state index contributed by atoms with van der Waals surface area (Å²) in [5.74, 6) is 0. The zero-order valence-corrected chi connectivity index (χ0v) is 9.84. The monoisotopic (exact) mass is 203 g/mol. The van der Waals surface area contributed by atoms with Gasteiger partial charge in [-0.1, -0.05) is 20.3 Å². The second kappa shape index (κ2) is 11.0. The minimum absolute atomic E-state index is 0.282. The van der Waals surface area contributed by atoms with E-state index in [1.54, 1.807) is 0 Å². The highest BCUT2D eigenvalue weighted by Gasteiger charge is 1.99. The Bertz CT molecular complexity index is 109. The average molecular weight is 203 g/mol. The maximum Gasteiger partial charge on any atom is 0.0704 e. The van der Waals surface area contributed by atoms with Gasteiger partial charge >= 0.3 is 0 Å². The van der Waals surface area contributed by atoms with Crippen molar-refractivity contribution in [3.8, 4) is 0 Å². The lowest BCUT2D eigenvalue weighted by atomic mass is 10.4. The van der Waals surface area contributed by atoms with Crippen LogP contribution in [0.25, 0.3) is 0 Å². The van der Waals surface area contributed by atoms with Crippen molar-refractivity contribution in [1.29, 1.82) is 0 Å². The van der Waals surface area contributed by atoms with Gasteiger partial charge in [-0.25, -0.2) is 0 Å². The van der Waals surface area contributed by atoms with E-state index in [2.05, 4.69) is 26.1 Å². The lowest BCUT2D eigenvalue weighted by Crippen LogP contribution is -2.27. The van der Waals surface area contributed by atoms with Crippen molar-refractivity contribution in [2.24, 2.45) is 0 Å². The van der Waals surface area contributed by atoms with Gasteiger partial charge in [-0.2, -0.15) is 0 Å². The van der Waals surface area contributed by atoms with Crippen LogP contribution in [0.2, 0.25) is 0 Å². The lowest BCUT2D eigenvalue weighted by Gasteiger charge is -2.13. The van der Waals surface area contributed by atoms with Crippen LogP contribution in [0.5, 0.6) is 0 Å². The van der Waals surface area contributed by atoms with E-state index in [1.807, 2.05) is 0 Å². The molecule has 0 aliphatic rings. The minimum atomic E-state index is 0.282. The summed E-state index contributed by atoms with van der Waals surface area (Å²) in [5.41, 5.74) is 0. The van der Waals surface area contributed by atoms with Gasteiger partial charge in [0.25, 0.3) is 0 Å². The predicted octanol–water partition coefficient (Wildman–Crippen LogP) is 1.82. The standard InChI is InChI=1S/C11H25NO2/c1-4-6-7-13-8-9-14-11(3)10-12-5-2/h11-12H,4-10H2,1-3H3. The first-order chi connectivity index (χ1) is 6.81. The SMILES string of the molecule is CCCCOCCOC(C)CNCC. The number of hydrogen-bond donors (Lipinski definition) is 1. The molecule has 0 bridgehead atoms. The first-order valence-corrected chi connectivity index (χ1v) is 5.71. The summed E-state index contributed by atoms with van der Waals surface area (Å²) in [5, 5.41) is 3.24. The third-order valence-electron chi connectivity index (χ3n) is 1.95. The third kappa shape index (κ3) is 9.96. The van der Waals surface area contributed by atoms with E-state index in [0.29, 0.717) is 6.61 Å². The van der Waals surface area contributed by atoms with Crippen molar-refractivity contribution < 1.29 is 9.47 Å². The van der Waals surface area contributed by atoms with Crippen LogP contribution in [0.3, 0.4) is 0 Å². The molecule has 0 heterocycles. The smallest absolute Gasteiger partial charge is 0.0704 e. The Kier molecular flexibility index (Phi) is 10.9. The average Bonchev–Trinajstić information content (AvgIpc) is 2.20. The first-order valence-electron chi connectivity index (χ1n) is 5.71. The normalized spacial score (nSPS) is 13.1. The number of nitrogens with one attached hydrogen (secondary N) is 1. The van der Waals surface area contributed by atoms with Crippen molar-refractivity contribution in [1.82, 2.24) is 5.32 Å². The van der Waals surface area contributed by atoms with Crippen LogP contribution in [0, 0.1) is 0 Å². The van der Waals surface area contributed by atoms with Gasteiger partial charge in [-0.15, -0.1) is 0 Å². The molecule has 3 nitrogen and oxygen atoms in total. The van der Waals surface area contributed by atoms with Crippen LogP contribution < -0.4 is 5.32 Å². The van der Waals surface area contributed by atoms with E-state index in [-0.39, 0.29) is 6.10 Å². The minimum Gasteiger partial charge on any atom is -0.379 e. The predicted molar refractivity (Wildman–Crippen MR) is 59.7 cm³/mol. The van der Waals surface area contributed by atoms with Gasteiger partial charge in [0.2, 0.25) is 0 Å². The number of ether oxygens (including phenoxy) is 2. The fourth-order valence-corrected chi connectivity index (χ4v) is 1.06. The van der Waals surface area contributed by atoms with Gasteiger partial charge in [0.05, 0.1) is 19.3 Å². The molecule has 1 N–H and O–H groups in total.